The molecule has 0 aliphatic heterocycles. The van der Waals surface area contributed by atoms with Crippen LogP contribution in [0, 0.1) is 10.1 Å². The molecule has 0 aliphatic carbocycles. The maximum Gasteiger partial charge on any atom is 0.210 e. The van der Waals surface area contributed by atoms with Gasteiger partial charge in [-0.2, -0.15) is 0 Å². The highest BCUT2D eigenvalue weighted by Crippen LogP contribution is 2.02. The maximum absolute atomic E-state index is 10.0. The molecule has 60 valence electrons. The van der Waals surface area contributed by atoms with Gasteiger partial charge in [-0.1, -0.05) is 0 Å². The van der Waals surface area contributed by atoms with Crippen molar-refractivity contribution < 1.29 is 10.0 Å². The molecule has 0 amide bonds. The Kier molecular flexibility index (Phi) is 3.95. The van der Waals surface area contributed by atoms with Gasteiger partial charge in [0.25, 0.3) is 0 Å². The zero-order chi connectivity index (χ0) is 8.15. The SMILES string of the molecule is C[C@H](CC[C@@H](C)O)[N+](=O)[O-]. The van der Waals surface area contributed by atoms with Crippen LogP contribution in [-0.2, 0) is 0 Å². The highest BCUT2D eigenvalue weighted by atomic mass is 16.6. The minimum absolute atomic E-state index is 0.331. The van der Waals surface area contributed by atoms with Gasteiger partial charge in [-0.05, 0) is 13.3 Å². The van der Waals surface area contributed by atoms with Crippen LogP contribution in [0.15, 0.2) is 0 Å². The van der Waals surface area contributed by atoms with Crippen molar-refractivity contribution in [3.05, 3.63) is 10.1 Å². The van der Waals surface area contributed by atoms with E-state index in [9.17, 15) is 10.1 Å². The van der Waals surface area contributed by atoms with Crippen molar-refractivity contribution in [2.45, 2.75) is 38.8 Å². The number of rotatable bonds is 4. The van der Waals surface area contributed by atoms with Crippen molar-refractivity contribution in [3.63, 3.8) is 0 Å². The van der Waals surface area contributed by atoms with Crippen LogP contribution in [0.4, 0.5) is 0 Å². The van der Waals surface area contributed by atoms with E-state index in [1.807, 2.05) is 0 Å². The molecule has 10 heavy (non-hydrogen) atoms. The molecule has 2 atom stereocenters. The fourth-order valence-corrected chi connectivity index (χ4v) is 0.588. The summed E-state index contributed by atoms with van der Waals surface area (Å²) < 4.78 is 0. The van der Waals surface area contributed by atoms with Crippen LogP contribution in [0.25, 0.3) is 0 Å². The molecule has 4 heteroatoms. The third-order valence-corrected chi connectivity index (χ3v) is 1.36. The van der Waals surface area contributed by atoms with Gasteiger partial charge < -0.3 is 5.11 Å². The second-order valence-corrected chi connectivity index (χ2v) is 2.56. The molecule has 0 bridgehead atoms. The van der Waals surface area contributed by atoms with Gasteiger partial charge in [-0.15, -0.1) is 0 Å². The fraction of sp³-hybridized carbons (Fsp3) is 1.00. The van der Waals surface area contributed by atoms with Gasteiger partial charge in [0, 0.05) is 18.3 Å². The van der Waals surface area contributed by atoms with E-state index in [0.29, 0.717) is 12.8 Å². The lowest BCUT2D eigenvalue weighted by Gasteiger charge is -2.04. The number of nitrogens with zero attached hydrogens (tertiary/aromatic N) is 1. The molecule has 0 aromatic heterocycles. The molecule has 0 unspecified atom stereocenters. The van der Waals surface area contributed by atoms with Gasteiger partial charge >= 0.3 is 0 Å². The van der Waals surface area contributed by atoms with E-state index in [1.54, 1.807) is 13.8 Å². The van der Waals surface area contributed by atoms with E-state index >= 15 is 0 Å². The first-order valence-electron chi connectivity index (χ1n) is 3.35. The summed E-state index contributed by atoms with van der Waals surface area (Å²) in [7, 11) is 0. The molecule has 0 rings (SSSR count). The van der Waals surface area contributed by atoms with E-state index in [1.165, 1.54) is 0 Å². The zero-order valence-corrected chi connectivity index (χ0v) is 6.28. The summed E-state index contributed by atoms with van der Waals surface area (Å²) >= 11 is 0. The van der Waals surface area contributed by atoms with Crippen LogP contribution in [-0.4, -0.2) is 22.2 Å². The molecule has 0 saturated heterocycles. The lowest BCUT2D eigenvalue weighted by atomic mass is 10.1. The van der Waals surface area contributed by atoms with E-state index in [0.717, 1.165) is 0 Å². The predicted molar refractivity (Wildman–Crippen MR) is 37.4 cm³/mol. The van der Waals surface area contributed by atoms with Gasteiger partial charge in [0.1, 0.15) is 0 Å². The standard InChI is InChI=1S/C6H13NO3/c1-5(7(9)10)3-4-6(2)8/h5-6,8H,3-4H2,1-2H3/t5-,6-/m1/s1. The van der Waals surface area contributed by atoms with Crippen molar-refractivity contribution >= 4 is 0 Å². The molecule has 0 radical (unpaired) electrons. The average molecular weight is 147 g/mol. The first-order valence-corrected chi connectivity index (χ1v) is 3.35. The van der Waals surface area contributed by atoms with Crippen molar-refractivity contribution in [2.75, 3.05) is 0 Å². The normalized spacial score (nSPS) is 16.3. The molecular weight excluding hydrogens is 134 g/mol. The molecule has 4 nitrogen and oxygen atoms in total. The van der Waals surface area contributed by atoms with Gasteiger partial charge in [0.2, 0.25) is 6.04 Å². The number of hydrogen-bond acceptors (Lipinski definition) is 3. The van der Waals surface area contributed by atoms with Crippen molar-refractivity contribution in [1.29, 1.82) is 0 Å². The molecule has 0 aliphatic rings. The van der Waals surface area contributed by atoms with Gasteiger partial charge in [-0.3, -0.25) is 10.1 Å². The molecule has 0 fully saturated rings. The number of aliphatic hydroxyl groups excluding tert-OH is 1. The van der Waals surface area contributed by atoms with Crippen molar-refractivity contribution in [1.82, 2.24) is 0 Å². The maximum atomic E-state index is 10.0. The van der Waals surface area contributed by atoms with E-state index < -0.39 is 12.1 Å². The third-order valence-electron chi connectivity index (χ3n) is 1.36. The van der Waals surface area contributed by atoms with Crippen molar-refractivity contribution in [3.8, 4) is 0 Å². The highest BCUT2D eigenvalue weighted by molar-refractivity contribution is 4.52. The van der Waals surface area contributed by atoms with Crippen LogP contribution in [0.2, 0.25) is 0 Å². The summed E-state index contributed by atoms with van der Waals surface area (Å²) in [6.07, 6.45) is 0.523. The molecule has 0 heterocycles. The molecule has 0 saturated carbocycles. The monoisotopic (exact) mass is 147 g/mol. The van der Waals surface area contributed by atoms with Gasteiger partial charge in [0.15, 0.2) is 0 Å². The number of aliphatic hydroxyl groups is 1. The van der Waals surface area contributed by atoms with Gasteiger partial charge in [-0.25, -0.2) is 0 Å². The Morgan fingerprint density at radius 3 is 2.30 bits per heavy atom. The van der Waals surface area contributed by atoms with E-state index in [-0.39, 0.29) is 4.92 Å². The summed E-state index contributed by atoms with van der Waals surface area (Å²) in [6, 6.07) is -0.533. The largest absolute Gasteiger partial charge is 0.393 e. The van der Waals surface area contributed by atoms with Crippen LogP contribution < -0.4 is 0 Å². The lowest BCUT2D eigenvalue weighted by Crippen LogP contribution is -2.16. The van der Waals surface area contributed by atoms with Crippen molar-refractivity contribution in [2.24, 2.45) is 0 Å². The van der Waals surface area contributed by atoms with Gasteiger partial charge in [0.05, 0.1) is 6.10 Å². The lowest BCUT2D eigenvalue weighted by molar-refractivity contribution is -0.519. The summed E-state index contributed by atoms with van der Waals surface area (Å²) in [5.74, 6) is 0. The second kappa shape index (κ2) is 4.22. The predicted octanol–water partition coefficient (Wildman–Crippen LogP) is 0.813. The Labute approximate surface area is 60.0 Å². The Balaban J connectivity index is 3.40. The second-order valence-electron chi connectivity index (χ2n) is 2.56. The summed E-state index contributed by atoms with van der Waals surface area (Å²) in [5, 5.41) is 18.8. The molecule has 0 spiro atoms. The third kappa shape index (κ3) is 4.26. The Morgan fingerprint density at radius 1 is 1.50 bits per heavy atom. The van der Waals surface area contributed by atoms with Crippen LogP contribution >= 0.6 is 0 Å². The average Bonchev–Trinajstić information content (AvgIpc) is 1.82. The Morgan fingerprint density at radius 2 is 2.00 bits per heavy atom. The summed E-state index contributed by atoms with van der Waals surface area (Å²) in [6.45, 7) is 3.18. The molecular formula is C6H13NO3. The van der Waals surface area contributed by atoms with E-state index in [4.69, 9.17) is 5.11 Å². The first-order chi connectivity index (χ1) is 4.54. The van der Waals surface area contributed by atoms with Crippen LogP contribution in [0.1, 0.15) is 26.7 Å². The minimum atomic E-state index is -0.533. The molecule has 0 aromatic rings. The Bertz CT molecular complexity index is 114. The first kappa shape index (κ1) is 9.36. The quantitative estimate of drug-likeness (QED) is 0.472. The molecule has 1 N–H and O–H groups in total. The zero-order valence-electron chi connectivity index (χ0n) is 6.28. The van der Waals surface area contributed by atoms with Crippen LogP contribution in [0.3, 0.4) is 0 Å². The fourth-order valence-electron chi connectivity index (χ4n) is 0.588. The summed E-state index contributed by atoms with van der Waals surface area (Å²) in [5.41, 5.74) is 0. The number of nitro groups is 1. The molecule has 0 aromatic carbocycles. The highest BCUT2D eigenvalue weighted by Gasteiger charge is 2.12. The van der Waals surface area contributed by atoms with E-state index in [2.05, 4.69) is 0 Å². The minimum Gasteiger partial charge on any atom is -0.393 e. The van der Waals surface area contributed by atoms with Crippen LogP contribution in [0.5, 0.6) is 0 Å². The number of hydrogen-bond donors (Lipinski definition) is 1. The Hall–Kier alpha value is -0.640. The smallest absolute Gasteiger partial charge is 0.210 e. The summed E-state index contributed by atoms with van der Waals surface area (Å²) in [4.78, 5) is 9.70. The topological polar surface area (TPSA) is 63.4 Å².